The van der Waals surface area contributed by atoms with Gasteiger partial charge < -0.3 is 14.8 Å². The summed E-state index contributed by atoms with van der Waals surface area (Å²) < 4.78 is 5.16. The van der Waals surface area contributed by atoms with Gasteiger partial charge in [0.15, 0.2) is 0 Å². The molecule has 1 unspecified atom stereocenters. The van der Waals surface area contributed by atoms with Crippen molar-refractivity contribution in [1.82, 2.24) is 15.5 Å². The summed E-state index contributed by atoms with van der Waals surface area (Å²) in [6.07, 6.45) is 1.47. The van der Waals surface area contributed by atoms with Crippen LogP contribution in [0.15, 0.2) is 53.1 Å². The van der Waals surface area contributed by atoms with Crippen LogP contribution in [0.2, 0.25) is 0 Å². The fourth-order valence-electron chi connectivity index (χ4n) is 2.04. The molecule has 0 saturated heterocycles. The van der Waals surface area contributed by atoms with Gasteiger partial charge in [0.2, 0.25) is 5.13 Å². The lowest BCUT2D eigenvalue weighted by Gasteiger charge is -2.20. The zero-order valence-electron chi connectivity index (χ0n) is 12.9. The Bertz CT molecular complexity index is 800. The fourth-order valence-corrected chi connectivity index (χ4v) is 2.78. The zero-order chi connectivity index (χ0) is 17.0. The van der Waals surface area contributed by atoms with E-state index < -0.39 is 11.6 Å². The maximum Gasteiger partial charge on any atom is 0.321 e. The number of aromatic nitrogens is 2. The molecule has 0 radical (unpaired) electrons. The van der Waals surface area contributed by atoms with Gasteiger partial charge in [-0.25, -0.2) is 4.79 Å². The maximum absolute atomic E-state index is 11.9. The third-order valence-electron chi connectivity index (χ3n) is 3.31. The molecule has 1 aromatic carbocycles. The van der Waals surface area contributed by atoms with Crippen LogP contribution in [-0.2, 0) is 5.60 Å². The molecule has 8 heteroatoms. The number of rotatable bonds is 5. The minimum Gasteiger partial charge on any atom is -0.466 e. The Hall–Kier alpha value is -2.71. The first kappa shape index (κ1) is 16.2. The molecule has 0 saturated carbocycles. The van der Waals surface area contributed by atoms with Gasteiger partial charge in [0.25, 0.3) is 0 Å². The summed E-state index contributed by atoms with van der Waals surface area (Å²) >= 11 is 1.27. The Morgan fingerprint density at radius 3 is 2.75 bits per heavy atom. The molecular weight excluding hydrogens is 328 g/mol. The number of carbonyl (C=O) groups excluding carboxylic acids is 1. The second-order valence-corrected chi connectivity index (χ2v) is 6.31. The van der Waals surface area contributed by atoms with Crippen molar-refractivity contribution < 1.29 is 14.3 Å². The largest absolute Gasteiger partial charge is 0.466 e. The van der Waals surface area contributed by atoms with E-state index >= 15 is 0 Å². The van der Waals surface area contributed by atoms with E-state index in [1.807, 2.05) is 30.3 Å². The predicted octanol–water partition coefficient (Wildman–Crippen LogP) is 2.83. The van der Waals surface area contributed by atoms with Gasteiger partial charge in [0, 0.05) is 5.56 Å². The SMILES string of the molecule is CC(O)(CNC(=O)Nc1nnc(-c2ccccc2)s1)c1ccco1. The van der Waals surface area contributed by atoms with Gasteiger partial charge >= 0.3 is 6.03 Å². The zero-order valence-corrected chi connectivity index (χ0v) is 13.7. The molecule has 3 aromatic rings. The van der Waals surface area contributed by atoms with Crippen molar-refractivity contribution in [2.75, 3.05) is 11.9 Å². The Labute approximate surface area is 142 Å². The quantitative estimate of drug-likeness (QED) is 0.661. The fraction of sp³-hybridized carbons (Fsp3) is 0.188. The van der Waals surface area contributed by atoms with Crippen LogP contribution in [0.3, 0.4) is 0 Å². The van der Waals surface area contributed by atoms with Crippen molar-refractivity contribution in [3.05, 3.63) is 54.5 Å². The van der Waals surface area contributed by atoms with E-state index in [-0.39, 0.29) is 6.54 Å². The van der Waals surface area contributed by atoms with Gasteiger partial charge in [-0.05, 0) is 19.1 Å². The number of benzene rings is 1. The smallest absolute Gasteiger partial charge is 0.321 e. The Kier molecular flexibility index (Phi) is 4.59. The number of nitrogens with zero attached hydrogens (tertiary/aromatic N) is 2. The Morgan fingerprint density at radius 2 is 2.04 bits per heavy atom. The standard InChI is InChI=1S/C16H16N4O3S/c1-16(22,12-8-5-9-23-12)10-17-14(21)18-15-20-19-13(24-15)11-6-3-2-4-7-11/h2-9,22H,10H2,1H3,(H2,17,18,20,21). The molecule has 2 heterocycles. The number of nitrogens with one attached hydrogen (secondary N) is 2. The van der Waals surface area contributed by atoms with Crippen LogP contribution in [0.25, 0.3) is 10.6 Å². The first-order valence-corrected chi connectivity index (χ1v) is 8.06. The maximum atomic E-state index is 11.9. The van der Waals surface area contributed by atoms with Gasteiger partial charge in [-0.3, -0.25) is 5.32 Å². The van der Waals surface area contributed by atoms with Gasteiger partial charge in [0.05, 0.1) is 12.8 Å². The van der Waals surface area contributed by atoms with E-state index in [0.29, 0.717) is 15.9 Å². The summed E-state index contributed by atoms with van der Waals surface area (Å²) in [6, 6.07) is 12.4. The molecule has 0 spiro atoms. The Morgan fingerprint density at radius 1 is 1.25 bits per heavy atom. The number of hydrogen-bond acceptors (Lipinski definition) is 6. The van der Waals surface area contributed by atoms with Crippen LogP contribution in [0.5, 0.6) is 0 Å². The lowest BCUT2D eigenvalue weighted by atomic mass is 10.0. The van der Waals surface area contributed by atoms with E-state index in [4.69, 9.17) is 4.42 Å². The number of urea groups is 1. The second-order valence-electron chi connectivity index (χ2n) is 5.34. The highest BCUT2D eigenvalue weighted by atomic mass is 32.1. The number of furan rings is 1. The summed E-state index contributed by atoms with van der Waals surface area (Å²) in [5.41, 5.74) is -0.360. The monoisotopic (exact) mass is 344 g/mol. The lowest BCUT2D eigenvalue weighted by Crippen LogP contribution is -2.40. The van der Waals surface area contributed by atoms with Crippen molar-refractivity contribution >= 4 is 22.5 Å². The van der Waals surface area contributed by atoms with Crippen molar-refractivity contribution in [2.24, 2.45) is 0 Å². The summed E-state index contributed by atoms with van der Waals surface area (Å²) in [4.78, 5) is 11.9. The van der Waals surface area contributed by atoms with E-state index in [1.165, 1.54) is 17.6 Å². The number of hydrogen-bond donors (Lipinski definition) is 3. The predicted molar refractivity (Wildman–Crippen MR) is 90.6 cm³/mol. The van der Waals surface area contributed by atoms with Crippen LogP contribution in [0, 0.1) is 0 Å². The number of anilines is 1. The molecule has 124 valence electrons. The third kappa shape index (κ3) is 3.79. The van der Waals surface area contributed by atoms with Crippen molar-refractivity contribution in [2.45, 2.75) is 12.5 Å². The minimum absolute atomic E-state index is 0.00328. The van der Waals surface area contributed by atoms with Gasteiger partial charge in [-0.2, -0.15) is 0 Å². The number of amides is 2. The summed E-state index contributed by atoms with van der Waals surface area (Å²) in [6.45, 7) is 1.56. The van der Waals surface area contributed by atoms with Crippen molar-refractivity contribution in [3.8, 4) is 10.6 Å². The van der Waals surface area contributed by atoms with E-state index in [1.54, 1.807) is 19.1 Å². The highest BCUT2D eigenvalue weighted by Gasteiger charge is 2.26. The van der Waals surface area contributed by atoms with Crippen LogP contribution in [0.4, 0.5) is 9.93 Å². The highest BCUT2D eigenvalue weighted by Crippen LogP contribution is 2.26. The average Bonchev–Trinajstić information content (AvgIpc) is 3.26. The van der Waals surface area contributed by atoms with Crippen LogP contribution in [-0.4, -0.2) is 27.9 Å². The topological polar surface area (TPSA) is 100 Å². The first-order valence-electron chi connectivity index (χ1n) is 7.25. The summed E-state index contributed by atoms with van der Waals surface area (Å²) in [7, 11) is 0. The minimum atomic E-state index is -1.29. The molecule has 0 aliphatic heterocycles. The normalized spacial score (nSPS) is 13.2. The van der Waals surface area contributed by atoms with Crippen LogP contribution < -0.4 is 10.6 Å². The molecule has 0 aliphatic carbocycles. The number of aliphatic hydroxyl groups is 1. The molecule has 3 N–H and O–H groups in total. The average molecular weight is 344 g/mol. The van der Waals surface area contributed by atoms with Crippen LogP contribution >= 0.6 is 11.3 Å². The van der Waals surface area contributed by atoms with Gasteiger partial charge in [0.1, 0.15) is 16.4 Å². The summed E-state index contributed by atoms with van der Waals surface area (Å²) in [5.74, 6) is 0.380. The van der Waals surface area contributed by atoms with E-state index in [9.17, 15) is 9.90 Å². The van der Waals surface area contributed by atoms with Crippen molar-refractivity contribution in [3.63, 3.8) is 0 Å². The molecule has 3 rings (SSSR count). The lowest BCUT2D eigenvalue weighted by molar-refractivity contribution is 0.0372. The molecule has 0 bridgehead atoms. The molecule has 2 amide bonds. The van der Waals surface area contributed by atoms with Crippen LogP contribution in [0.1, 0.15) is 12.7 Å². The van der Waals surface area contributed by atoms with Crippen molar-refractivity contribution in [1.29, 1.82) is 0 Å². The molecule has 1 atom stereocenters. The first-order chi connectivity index (χ1) is 11.5. The molecule has 0 fully saturated rings. The molecular formula is C16H16N4O3S. The number of carbonyl (C=O) groups is 1. The molecule has 0 aliphatic rings. The molecule has 7 nitrogen and oxygen atoms in total. The van der Waals surface area contributed by atoms with Gasteiger partial charge in [-0.15, -0.1) is 10.2 Å². The second kappa shape index (κ2) is 6.81. The highest BCUT2D eigenvalue weighted by molar-refractivity contribution is 7.18. The molecule has 24 heavy (non-hydrogen) atoms. The van der Waals surface area contributed by atoms with E-state index in [2.05, 4.69) is 20.8 Å². The van der Waals surface area contributed by atoms with E-state index in [0.717, 1.165) is 5.56 Å². The van der Waals surface area contributed by atoms with Gasteiger partial charge in [-0.1, -0.05) is 41.7 Å². The summed E-state index contributed by atoms with van der Waals surface area (Å²) in [5, 5.41) is 24.6. The Balaban J connectivity index is 1.57. The third-order valence-corrected chi connectivity index (χ3v) is 4.20. The molecule has 2 aromatic heterocycles.